The molecule has 19 heavy (non-hydrogen) atoms. The van der Waals surface area contributed by atoms with Crippen LogP contribution < -0.4 is 10.2 Å². The Morgan fingerprint density at radius 3 is 2.84 bits per heavy atom. The first-order valence-electron chi connectivity index (χ1n) is 6.83. The van der Waals surface area contributed by atoms with Crippen LogP contribution in [0, 0.1) is 5.41 Å². The summed E-state index contributed by atoms with van der Waals surface area (Å²) in [5.41, 5.74) is 1.31. The third kappa shape index (κ3) is 2.81. The summed E-state index contributed by atoms with van der Waals surface area (Å²) in [5.74, 6) is 0. The van der Waals surface area contributed by atoms with Crippen LogP contribution in [0.15, 0.2) is 6.07 Å². The molecule has 0 radical (unpaired) electrons. The fourth-order valence-electron chi connectivity index (χ4n) is 3.36. The van der Waals surface area contributed by atoms with Crippen molar-refractivity contribution in [3.05, 3.63) is 16.4 Å². The Balaban J connectivity index is 1.82. The average molecular weight is 301 g/mol. The molecular formula is C13H18Cl2N4. The van der Waals surface area contributed by atoms with Crippen LogP contribution in [0.1, 0.15) is 25.7 Å². The Labute approximate surface area is 123 Å². The van der Waals surface area contributed by atoms with Gasteiger partial charge in [0.1, 0.15) is 0 Å². The maximum Gasteiger partial charge on any atom is 0.175 e. The van der Waals surface area contributed by atoms with Gasteiger partial charge in [0.15, 0.2) is 10.3 Å². The van der Waals surface area contributed by atoms with E-state index in [9.17, 15) is 0 Å². The second-order valence-corrected chi connectivity index (χ2v) is 6.39. The molecule has 3 heterocycles. The van der Waals surface area contributed by atoms with Gasteiger partial charge in [-0.05, 0) is 32.2 Å². The molecule has 1 aromatic heterocycles. The lowest BCUT2D eigenvalue weighted by Gasteiger charge is -2.46. The van der Waals surface area contributed by atoms with Crippen molar-refractivity contribution in [3.8, 4) is 0 Å². The molecule has 1 unspecified atom stereocenters. The van der Waals surface area contributed by atoms with Gasteiger partial charge < -0.3 is 10.2 Å². The molecular weight excluding hydrogens is 283 g/mol. The molecule has 0 amide bonds. The fourth-order valence-corrected chi connectivity index (χ4v) is 3.71. The van der Waals surface area contributed by atoms with Crippen LogP contribution in [0.5, 0.6) is 0 Å². The highest BCUT2D eigenvalue weighted by Gasteiger charge is 2.37. The van der Waals surface area contributed by atoms with Crippen LogP contribution in [0.4, 0.5) is 5.69 Å². The van der Waals surface area contributed by atoms with Crippen LogP contribution in [0.25, 0.3) is 0 Å². The van der Waals surface area contributed by atoms with Crippen molar-refractivity contribution in [3.63, 3.8) is 0 Å². The average Bonchev–Trinajstić information content (AvgIpc) is 2.42. The lowest BCUT2D eigenvalue weighted by Crippen LogP contribution is -2.51. The van der Waals surface area contributed by atoms with Crippen molar-refractivity contribution in [2.75, 3.05) is 31.1 Å². The molecule has 1 spiro atoms. The van der Waals surface area contributed by atoms with Crippen LogP contribution in [-0.4, -0.2) is 36.4 Å². The number of aromatic nitrogens is 2. The zero-order valence-electron chi connectivity index (χ0n) is 10.8. The number of halogens is 2. The van der Waals surface area contributed by atoms with Crippen molar-refractivity contribution in [1.82, 2.24) is 15.5 Å². The van der Waals surface area contributed by atoms with E-state index in [1.165, 1.54) is 25.7 Å². The molecule has 104 valence electrons. The van der Waals surface area contributed by atoms with Gasteiger partial charge in [-0.3, -0.25) is 0 Å². The summed E-state index contributed by atoms with van der Waals surface area (Å²) in [7, 11) is 0. The number of anilines is 1. The second-order valence-electron chi connectivity index (χ2n) is 5.65. The Kier molecular flexibility index (Phi) is 3.83. The van der Waals surface area contributed by atoms with Crippen molar-refractivity contribution >= 4 is 28.9 Å². The Bertz CT molecular complexity index is 454. The molecule has 4 nitrogen and oxygen atoms in total. The first-order chi connectivity index (χ1) is 9.19. The van der Waals surface area contributed by atoms with Crippen molar-refractivity contribution in [2.45, 2.75) is 25.7 Å². The smallest absolute Gasteiger partial charge is 0.175 e. The quantitative estimate of drug-likeness (QED) is 0.866. The molecule has 0 saturated carbocycles. The van der Waals surface area contributed by atoms with Gasteiger partial charge in [0.2, 0.25) is 0 Å². The third-order valence-corrected chi connectivity index (χ3v) is 4.72. The van der Waals surface area contributed by atoms with E-state index in [4.69, 9.17) is 23.2 Å². The molecule has 2 saturated heterocycles. The highest BCUT2D eigenvalue weighted by atomic mass is 35.5. The number of piperidine rings is 2. The molecule has 2 fully saturated rings. The Morgan fingerprint density at radius 1 is 1.21 bits per heavy atom. The number of nitrogens with zero attached hydrogens (tertiary/aromatic N) is 3. The van der Waals surface area contributed by atoms with Gasteiger partial charge in [-0.2, -0.15) is 0 Å². The van der Waals surface area contributed by atoms with Crippen LogP contribution in [0.3, 0.4) is 0 Å². The molecule has 1 aromatic rings. The number of hydrogen-bond donors (Lipinski definition) is 1. The summed E-state index contributed by atoms with van der Waals surface area (Å²) >= 11 is 12.1. The lowest BCUT2D eigenvalue weighted by molar-refractivity contribution is 0.173. The van der Waals surface area contributed by atoms with Crippen molar-refractivity contribution in [2.24, 2.45) is 5.41 Å². The molecule has 0 aliphatic carbocycles. The van der Waals surface area contributed by atoms with E-state index in [2.05, 4.69) is 20.4 Å². The van der Waals surface area contributed by atoms with Crippen molar-refractivity contribution in [1.29, 1.82) is 0 Å². The summed E-state index contributed by atoms with van der Waals surface area (Å²) < 4.78 is 0. The maximum absolute atomic E-state index is 6.17. The van der Waals surface area contributed by atoms with Gasteiger partial charge in [0.05, 0.1) is 5.69 Å². The Hall–Kier alpha value is -0.580. The van der Waals surface area contributed by atoms with E-state index in [0.717, 1.165) is 31.9 Å². The molecule has 1 atom stereocenters. The predicted molar refractivity (Wildman–Crippen MR) is 78.0 cm³/mol. The van der Waals surface area contributed by atoms with Gasteiger partial charge in [-0.15, -0.1) is 10.2 Å². The van der Waals surface area contributed by atoms with Crippen LogP contribution in [-0.2, 0) is 0 Å². The summed E-state index contributed by atoms with van der Waals surface area (Å²) in [6.07, 6.45) is 5.04. The number of nitrogens with one attached hydrogen (secondary N) is 1. The number of rotatable bonds is 1. The molecule has 0 bridgehead atoms. The predicted octanol–water partition coefficient (Wildman–Crippen LogP) is 2.75. The molecule has 0 aromatic carbocycles. The van der Waals surface area contributed by atoms with Crippen LogP contribution >= 0.6 is 23.2 Å². The SMILES string of the molecule is Clc1cc(N2CCCC3(CCCNC3)C2)c(Cl)nn1. The van der Waals surface area contributed by atoms with E-state index in [1.807, 2.05) is 6.07 Å². The zero-order valence-corrected chi connectivity index (χ0v) is 12.3. The number of hydrogen-bond acceptors (Lipinski definition) is 4. The maximum atomic E-state index is 6.17. The molecule has 2 aliphatic rings. The molecule has 2 aliphatic heterocycles. The zero-order chi connectivity index (χ0) is 13.3. The minimum absolute atomic E-state index is 0.384. The fraction of sp³-hybridized carbons (Fsp3) is 0.692. The van der Waals surface area contributed by atoms with Gasteiger partial charge in [-0.25, -0.2) is 0 Å². The molecule has 1 N–H and O–H groups in total. The van der Waals surface area contributed by atoms with Gasteiger partial charge >= 0.3 is 0 Å². The third-order valence-electron chi connectivity index (χ3n) is 4.26. The highest BCUT2D eigenvalue weighted by Crippen LogP contribution is 2.39. The van der Waals surface area contributed by atoms with Crippen LogP contribution in [0.2, 0.25) is 10.3 Å². The minimum atomic E-state index is 0.384. The van der Waals surface area contributed by atoms with Gasteiger partial charge in [0.25, 0.3) is 0 Å². The Morgan fingerprint density at radius 2 is 2.05 bits per heavy atom. The summed E-state index contributed by atoms with van der Waals surface area (Å²) in [5, 5.41) is 12.1. The first kappa shape index (κ1) is 13.4. The van der Waals surface area contributed by atoms with E-state index in [0.29, 0.717) is 15.7 Å². The molecule has 6 heteroatoms. The largest absolute Gasteiger partial charge is 0.368 e. The van der Waals surface area contributed by atoms with Gasteiger partial charge in [-0.1, -0.05) is 23.2 Å². The van der Waals surface area contributed by atoms with E-state index in [1.54, 1.807) is 0 Å². The topological polar surface area (TPSA) is 41.0 Å². The van der Waals surface area contributed by atoms with Gasteiger partial charge in [0, 0.05) is 31.1 Å². The highest BCUT2D eigenvalue weighted by molar-refractivity contribution is 6.33. The van der Waals surface area contributed by atoms with E-state index >= 15 is 0 Å². The minimum Gasteiger partial charge on any atom is -0.368 e. The summed E-state index contributed by atoms with van der Waals surface area (Å²) in [6.45, 7) is 4.30. The monoisotopic (exact) mass is 300 g/mol. The first-order valence-corrected chi connectivity index (χ1v) is 7.59. The second kappa shape index (κ2) is 5.43. The van der Waals surface area contributed by atoms with E-state index < -0.39 is 0 Å². The normalized spacial score (nSPS) is 27.8. The van der Waals surface area contributed by atoms with Crippen molar-refractivity contribution < 1.29 is 0 Å². The standard InChI is InChI=1S/C13H18Cl2N4/c14-11-7-10(12(15)18-17-11)19-6-2-4-13(9-19)3-1-5-16-8-13/h7,16H,1-6,8-9H2. The van der Waals surface area contributed by atoms with E-state index in [-0.39, 0.29) is 0 Å². The summed E-state index contributed by atoms with van der Waals surface area (Å²) in [6, 6.07) is 1.83. The lowest BCUT2D eigenvalue weighted by atomic mass is 9.74. The summed E-state index contributed by atoms with van der Waals surface area (Å²) in [4.78, 5) is 2.32. The molecule has 3 rings (SSSR count).